The monoisotopic (exact) mass is 331 g/mol. The van der Waals surface area contributed by atoms with Gasteiger partial charge in [-0.3, -0.25) is 0 Å². The molecule has 0 unspecified atom stereocenters. The van der Waals surface area contributed by atoms with Crippen molar-refractivity contribution >= 4 is 17.6 Å². The Labute approximate surface area is 128 Å². The van der Waals surface area contributed by atoms with Crippen molar-refractivity contribution in [3.05, 3.63) is 52.7 Å². The normalized spacial score (nSPS) is 11.1. The third-order valence-corrected chi connectivity index (χ3v) is 2.90. The summed E-state index contributed by atoms with van der Waals surface area (Å²) in [6.45, 7) is 0. The number of methoxy groups -OCH3 is 1. The Morgan fingerprint density at radius 1 is 1.23 bits per heavy atom. The van der Waals surface area contributed by atoms with Crippen molar-refractivity contribution in [1.82, 2.24) is 4.98 Å². The van der Waals surface area contributed by atoms with Crippen molar-refractivity contribution in [3.63, 3.8) is 0 Å². The fourth-order valence-electron chi connectivity index (χ4n) is 1.54. The molecule has 0 saturated carbocycles. The maximum Gasteiger partial charge on any atom is 0.417 e. The van der Waals surface area contributed by atoms with Crippen molar-refractivity contribution in [2.45, 2.75) is 6.18 Å². The van der Waals surface area contributed by atoms with Crippen LogP contribution in [0.2, 0.25) is 5.02 Å². The molecule has 1 aromatic carbocycles. The van der Waals surface area contributed by atoms with Crippen LogP contribution in [0.5, 0.6) is 11.6 Å². The Kier molecular flexibility index (Phi) is 4.56. The second-order valence-electron chi connectivity index (χ2n) is 4.13. The molecule has 8 heteroatoms. The number of rotatable bonds is 3. The summed E-state index contributed by atoms with van der Waals surface area (Å²) in [7, 11) is 1.25. The molecule has 0 saturated heterocycles. The molecular weight excluding hydrogens is 323 g/mol. The van der Waals surface area contributed by atoms with Gasteiger partial charge in [-0.25, -0.2) is 9.78 Å². The van der Waals surface area contributed by atoms with Gasteiger partial charge in [0.15, 0.2) is 0 Å². The molecule has 0 spiro atoms. The molecule has 4 nitrogen and oxygen atoms in total. The minimum atomic E-state index is -4.53. The molecule has 0 aliphatic carbocycles. The van der Waals surface area contributed by atoms with Gasteiger partial charge in [0.25, 0.3) is 0 Å². The number of nitrogens with zero attached hydrogens (tertiary/aromatic N) is 1. The Hall–Kier alpha value is -2.28. The molecule has 1 heterocycles. The molecular formula is C14H9ClF3NO3. The topological polar surface area (TPSA) is 48.4 Å². The van der Waals surface area contributed by atoms with Crippen molar-refractivity contribution in [1.29, 1.82) is 0 Å². The number of pyridine rings is 1. The summed E-state index contributed by atoms with van der Waals surface area (Å²) in [4.78, 5) is 14.8. The number of esters is 1. The zero-order chi connectivity index (χ0) is 16.3. The predicted molar refractivity (Wildman–Crippen MR) is 72.1 cm³/mol. The van der Waals surface area contributed by atoms with Gasteiger partial charge < -0.3 is 9.47 Å². The number of carbonyl (C=O) groups excluding carboxylic acids is 1. The molecule has 0 fully saturated rings. The first-order chi connectivity index (χ1) is 10.3. The minimum absolute atomic E-state index is 0.166. The zero-order valence-corrected chi connectivity index (χ0v) is 11.9. The maximum absolute atomic E-state index is 12.5. The highest BCUT2D eigenvalue weighted by molar-refractivity contribution is 6.31. The van der Waals surface area contributed by atoms with E-state index in [0.29, 0.717) is 11.8 Å². The van der Waals surface area contributed by atoms with Crippen LogP contribution < -0.4 is 4.74 Å². The van der Waals surface area contributed by atoms with Crippen LogP contribution in [0, 0.1) is 0 Å². The second kappa shape index (κ2) is 6.23. The molecule has 0 radical (unpaired) electrons. The minimum Gasteiger partial charge on any atom is -0.465 e. The highest BCUT2D eigenvalue weighted by Gasteiger charge is 2.31. The van der Waals surface area contributed by atoms with Gasteiger partial charge in [0, 0.05) is 6.20 Å². The van der Waals surface area contributed by atoms with Crippen LogP contribution in [0.25, 0.3) is 0 Å². The third-order valence-electron chi connectivity index (χ3n) is 2.62. The molecule has 2 rings (SSSR count). The standard InChI is InChI=1S/C14H9ClF3NO3/c1-21-13(20)8-2-4-10(5-3-8)22-12-11(15)6-9(7-19-12)14(16,17)18/h2-7H,1H3. The first-order valence-corrected chi connectivity index (χ1v) is 6.28. The number of alkyl halides is 3. The van der Waals surface area contributed by atoms with Crippen LogP contribution in [0.1, 0.15) is 15.9 Å². The smallest absolute Gasteiger partial charge is 0.417 e. The van der Waals surface area contributed by atoms with Gasteiger partial charge in [0.05, 0.1) is 18.2 Å². The highest BCUT2D eigenvalue weighted by Crippen LogP contribution is 2.34. The van der Waals surface area contributed by atoms with E-state index >= 15 is 0 Å². The van der Waals surface area contributed by atoms with Gasteiger partial charge in [-0.05, 0) is 30.3 Å². The van der Waals surface area contributed by atoms with Gasteiger partial charge >= 0.3 is 12.1 Å². The number of carbonyl (C=O) groups is 1. The lowest BCUT2D eigenvalue weighted by Gasteiger charge is -2.10. The van der Waals surface area contributed by atoms with Gasteiger partial charge in [0.1, 0.15) is 10.8 Å². The van der Waals surface area contributed by atoms with Gasteiger partial charge in [-0.15, -0.1) is 0 Å². The molecule has 0 aliphatic heterocycles. The molecule has 1 aromatic heterocycles. The molecule has 116 valence electrons. The lowest BCUT2D eigenvalue weighted by Crippen LogP contribution is -2.05. The highest BCUT2D eigenvalue weighted by atomic mass is 35.5. The molecule has 0 N–H and O–H groups in total. The van der Waals surface area contributed by atoms with E-state index < -0.39 is 17.7 Å². The number of aromatic nitrogens is 1. The van der Waals surface area contributed by atoms with Gasteiger partial charge in [0.2, 0.25) is 5.88 Å². The first kappa shape index (κ1) is 16.1. The molecule has 0 amide bonds. The van der Waals surface area contributed by atoms with E-state index in [2.05, 4.69) is 9.72 Å². The fourth-order valence-corrected chi connectivity index (χ4v) is 1.75. The lowest BCUT2D eigenvalue weighted by atomic mass is 10.2. The molecule has 0 bridgehead atoms. The molecule has 0 atom stereocenters. The average Bonchev–Trinajstić information content (AvgIpc) is 2.48. The maximum atomic E-state index is 12.5. The summed E-state index contributed by atoms with van der Waals surface area (Å²) in [5, 5.41) is -0.271. The quantitative estimate of drug-likeness (QED) is 0.785. The lowest BCUT2D eigenvalue weighted by molar-refractivity contribution is -0.137. The van der Waals surface area contributed by atoms with Crippen molar-refractivity contribution in [2.75, 3.05) is 7.11 Å². The number of benzene rings is 1. The van der Waals surface area contributed by atoms with E-state index in [9.17, 15) is 18.0 Å². The zero-order valence-electron chi connectivity index (χ0n) is 11.1. The Morgan fingerprint density at radius 3 is 2.36 bits per heavy atom. The van der Waals surface area contributed by atoms with E-state index in [0.717, 1.165) is 6.07 Å². The summed E-state index contributed by atoms with van der Waals surface area (Å²) in [6.07, 6.45) is -3.90. The Bertz CT molecular complexity index is 687. The fraction of sp³-hybridized carbons (Fsp3) is 0.143. The summed E-state index contributed by atoms with van der Waals surface area (Å²) in [6, 6.07) is 6.51. The van der Waals surface area contributed by atoms with E-state index in [1.165, 1.54) is 31.4 Å². The molecule has 0 aliphatic rings. The van der Waals surface area contributed by atoms with Crippen LogP contribution in [-0.4, -0.2) is 18.1 Å². The number of halogens is 4. The van der Waals surface area contributed by atoms with Crippen molar-refractivity contribution < 1.29 is 27.4 Å². The Balaban J connectivity index is 2.19. The first-order valence-electron chi connectivity index (χ1n) is 5.90. The molecule has 22 heavy (non-hydrogen) atoms. The van der Waals surface area contributed by atoms with E-state index in [1.54, 1.807) is 0 Å². The molecule has 2 aromatic rings. The third kappa shape index (κ3) is 3.67. The predicted octanol–water partition coefficient (Wildman–Crippen LogP) is 4.33. The van der Waals surface area contributed by atoms with Crippen LogP contribution in [0.3, 0.4) is 0 Å². The summed E-state index contributed by atoms with van der Waals surface area (Å²) in [5.74, 6) is -0.417. The van der Waals surface area contributed by atoms with E-state index in [-0.39, 0.29) is 16.7 Å². The van der Waals surface area contributed by atoms with Crippen LogP contribution in [0.15, 0.2) is 36.5 Å². The van der Waals surface area contributed by atoms with Crippen molar-refractivity contribution in [3.8, 4) is 11.6 Å². The van der Waals surface area contributed by atoms with Gasteiger partial charge in [-0.2, -0.15) is 13.2 Å². The summed E-state index contributed by atoms with van der Waals surface area (Å²) in [5.41, 5.74) is -0.660. The number of hydrogen-bond donors (Lipinski definition) is 0. The second-order valence-corrected chi connectivity index (χ2v) is 4.53. The largest absolute Gasteiger partial charge is 0.465 e. The van der Waals surface area contributed by atoms with Gasteiger partial charge in [-0.1, -0.05) is 11.6 Å². The Morgan fingerprint density at radius 2 is 1.86 bits per heavy atom. The van der Waals surface area contributed by atoms with Crippen LogP contribution >= 0.6 is 11.6 Å². The van der Waals surface area contributed by atoms with Crippen LogP contribution in [0.4, 0.5) is 13.2 Å². The number of ether oxygens (including phenoxy) is 2. The van der Waals surface area contributed by atoms with Crippen molar-refractivity contribution in [2.24, 2.45) is 0 Å². The summed E-state index contributed by atoms with van der Waals surface area (Å²) < 4.78 is 47.3. The summed E-state index contributed by atoms with van der Waals surface area (Å²) >= 11 is 5.73. The SMILES string of the molecule is COC(=O)c1ccc(Oc2ncc(C(F)(F)F)cc2Cl)cc1. The van der Waals surface area contributed by atoms with Crippen LogP contribution in [-0.2, 0) is 10.9 Å². The average molecular weight is 332 g/mol. The number of hydrogen-bond acceptors (Lipinski definition) is 4. The van der Waals surface area contributed by atoms with E-state index in [1.807, 2.05) is 0 Å². The van der Waals surface area contributed by atoms with E-state index in [4.69, 9.17) is 16.3 Å².